The summed E-state index contributed by atoms with van der Waals surface area (Å²) in [5.41, 5.74) is 2.86. The lowest BCUT2D eigenvalue weighted by molar-refractivity contribution is -0.125. The first-order chi connectivity index (χ1) is 14.9. The maximum atomic E-state index is 13.1. The largest absolute Gasteiger partial charge is 0.340 e. The summed E-state index contributed by atoms with van der Waals surface area (Å²) in [6.07, 6.45) is 0. The second kappa shape index (κ2) is 8.35. The molecule has 0 aromatic heterocycles. The summed E-state index contributed by atoms with van der Waals surface area (Å²) in [5, 5.41) is 2.53. The summed E-state index contributed by atoms with van der Waals surface area (Å²) in [4.78, 5) is 27.7. The quantitative estimate of drug-likeness (QED) is 0.646. The fraction of sp³-hybridized carbons (Fsp3) is 0.167. The first-order valence-corrected chi connectivity index (χ1v) is 11.5. The number of hydrogen-bond donors (Lipinski definition) is 1. The number of amides is 2. The van der Waals surface area contributed by atoms with Crippen molar-refractivity contribution >= 4 is 21.7 Å². The Bertz CT molecular complexity index is 1220. The van der Waals surface area contributed by atoms with E-state index in [1.54, 1.807) is 36.4 Å². The Morgan fingerprint density at radius 3 is 2.29 bits per heavy atom. The Kier molecular flexibility index (Phi) is 5.61. The SMILES string of the molecule is Cc1ccc(S(=O)(=O)CNC(=O)[C@@H]2c3ccccc3C(=O)N2Cc2ccccc2)cc1. The molecule has 3 aromatic rings. The van der Waals surface area contributed by atoms with Crippen LogP contribution in [0.2, 0.25) is 0 Å². The normalized spacial score (nSPS) is 15.6. The van der Waals surface area contributed by atoms with Crippen LogP contribution in [0, 0.1) is 6.92 Å². The molecule has 1 aliphatic heterocycles. The van der Waals surface area contributed by atoms with Crippen molar-refractivity contribution in [1.82, 2.24) is 10.2 Å². The fourth-order valence-electron chi connectivity index (χ4n) is 3.69. The summed E-state index contributed by atoms with van der Waals surface area (Å²) < 4.78 is 25.3. The fourth-order valence-corrected chi connectivity index (χ4v) is 4.74. The molecule has 1 N–H and O–H groups in total. The van der Waals surface area contributed by atoms with Crippen molar-refractivity contribution in [3.63, 3.8) is 0 Å². The lowest BCUT2D eigenvalue weighted by Crippen LogP contribution is -2.40. The molecule has 1 aliphatic rings. The number of sulfone groups is 1. The third-order valence-electron chi connectivity index (χ3n) is 5.32. The van der Waals surface area contributed by atoms with E-state index in [0.717, 1.165) is 11.1 Å². The van der Waals surface area contributed by atoms with Gasteiger partial charge >= 0.3 is 0 Å². The molecule has 0 bridgehead atoms. The maximum Gasteiger partial charge on any atom is 0.255 e. The summed E-state index contributed by atoms with van der Waals surface area (Å²) in [6.45, 7) is 2.12. The van der Waals surface area contributed by atoms with E-state index in [9.17, 15) is 18.0 Å². The van der Waals surface area contributed by atoms with Gasteiger partial charge in [-0.3, -0.25) is 9.59 Å². The Morgan fingerprint density at radius 2 is 1.58 bits per heavy atom. The van der Waals surface area contributed by atoms with Gasteiger partial charge in [0.05, 0.1) is 4.90 Å². The monoisotopic (exact) mass is 434 g/mol. The number of hydrogen-bond acceptors (Lipinski definition) is 4. The van der Waals surface area contributed by atoms with E-state index in [2.05, 4.69) is 5.32 Å². The molecule has 31 heavy (non-hydrogen) atoms. The van der Waals surface area contributed by atoms with Crippen molar-refractivity contribution in [2.24, 2.45) is 0 Å². The molecule has 0 unspecified atom stereocenters. The molecule has 3 aromatic carbocycles. The van der Waals surface area contributed by atoms with Gasteiger partial charge in [-0.2, -0.15) is 0 Å². The van der Waals surface area contributed by atoms with Crippen molar-refractivity contribution in [1.29, 1.82) is 0 Å². The molecule has 1 atom stereocenters. The smallest absolute Gasteiger partial charge is 0.255 e. The Morgan fingerprint density at radius 1 is 0.935 bits per heavy atom. The molecular formula is C24H22N2O4S. The first kappa shape index (κ1) is 20.8. The van der Waals surface area contributed by atoms with Crippen LogP contribution in [-0.2, 0) is 21.2 Å². The third-order valence-corrected chi connectivity index (χ3v) is 6.83. The second-order valence-electron chi connectivity index (χ2n) is 7.52. The highest BCUT2D eigenvalue weighted by molar-refractivity contribution is 7.91. The van der Waals surface area contributed by atoms with E-state index in [-0.39, 0.29) is 17.3 Å². The molecule has 0 radical (unpaired) electrons. The van der Waals surface area contributed by atoms with Gasteiger partial charge in [0.25, 0.3) is 5.91 Å². The molecule has 0 saturated heterocycles. The zero-order valence-electron chi connectivity index (χ0n) is 17.0. The number of carbonyl (C=O) groups excluding carboxylic acids is 2. The number of carbonyl (C=O) groups is 2. The number of benzene rings is 3. The minimum Gasteiger partial charge on any atom is -0.340 e. The van der Waals surface area contributed by atoms with Gasteiger partial charge in [-0.05, 0) is 36.2 Å². The van der Waals surface area contributed by atoms with E-state index in [1.165, 1.54) is 17.0 Å². The summed E-state index contributed by atoms with van der Waals surface area (Å²) in [6, 6.07) is 21.9. The molecule has 4 rings (SSSR count). The van der Waals surface area contributed by atoms with Crippen LogP contribution in [0.15, 0.2) is 83.8 Å². The van der Waals surface area contributed by atoms with E-state index in [1.807, 2.05) is 37.3 Å². The van der Waals surface area contributed by atoms with E-state index in [4.69, 9.17) is 0 Å². The third kappa shape index (κ3) is 4.22. The van der Waals surface area contributed by atoms with E-state index < -0.39 is 27.7 Å². The molecule has 2 amide bonds. The first-order valence-electron chi connectivity index (χ1n) is 9.88. The molecular weight excluding hydrogens is 412 g/mol. The highest BCUT2D eigenvalue weighted by Crippen LogP contribution is 2.35. The van der Waals surface area contributed by atoms with Crippen molar-refractivity contribution < 1.29 is 18.0 Å². The lowest BCUT2D eigenvalue weighted by atomic mass is 10.0. The van der Waals surface area contributed by atoms with Crippen molar-refractivity contribution in [3.05, 3.63) is 101 Å². The van der Waals surface area contributed by atoms with Gasteiger partial charge in [-0.15, -0.1) is 0 Å². The van der Waals surface area contributed by atoms with Gasteiger partial charge in [-0.1, -0.05) is 66.2 Å². The highest BCUT2D eigenvalue weighted by Gasteiger charge is 2.41. The maximum absolute atomic E-state index is 13.1. The van der Waals surface area contributed by atoms with Crippen LogP contribution in [0.4, 0.5) is 0 Å². The molecule has 0 fully saturated rings. The van der Waals surface area contributed by atoms with E-state index >= 15 is 0 Å². The number of fused-ring (bicyclic) bond motifs is 1. The molecule has 0 saturated carbocycles. The van der Waals surface area contributed by atoms with Crippen LogP contribution in [0.1, 0.15) is 33.1 Å². The Labute approximate surface area is 181 Å². The minimum atomic E-state index is -3.70. The number of nitrogens with one attached hydrogen (secondary N) is 1. The van der Waals surface area contributed by atoms with Gasteiger partial charge in [-0.25, -0.2) is 8.42 Å². The Balaban J connectivity index is 1.58. The molecule has 1 heterocycles. The molecule has 0 aliphatic carbocycles. The number of aryl methyl sites for hydroxylation is 1. The average molecular weight is 435 g/mol. The van der Waals surface area contributed by atoms with Gasteiger partial charge in [0.2, 0.25) is 5.91 Å². The van der Waals surface area contributed by atoms with Crippen LogP contribution in [0.5, 0.6) is 0 Å². The highest BCUT2D eigenvalue weighted by atomic mass is 32.2. The zero-order chi connectivity index (χ0) is 22.0. The van der Waals surface area contributed by atoms with Crippen LogP contribution in [0.25, 0.3) is 0 Å². The van der Waals surface area contributed by atoms with Crippen molar-refractivity contribution in [2.45, 2.75) is 24.4 Å². The van der Waals surface area contributed by atoms with Crippen LogP contribution >= 0.6 is 0 Å². The van der Waals surface area contributed by atoms with Crippen molar-refractivity contribution in [2.75, 3.05) is 5.88 Å². The predicted octanol–water partition coefficient (Wildman–Crippen LogP) is 3.24. The summed E-state index contributed by atoms with van der Waals surface area (Å²) in [5.74, 6) is -1.31. The number of rotatable bonds is 6. The minimum absolute atomic E-state index is 0.141. The molecule has 158 valence electrons. The van der Waals surface area contributed by atoms with Gasteiger partial charge in [0.1, 0.15) is 11.9 Å². The van der Waals surface area contributed by atoms with Gasteiger partial charge < -0.3 is 10.2 Å². The van der Waals surface area contributed by atoms with E-state index in [0.29, 0.717) is 11.1 Å². The van der Waals surface area contributed by atoms with Gasteiger partial charge in [0, 0.05) is 12.1 Å². The molecule has 7 heteroatoms. The second-order valence-corrected chi connectivity index (χ2v) is 9.51. The van der Waals surface area contributed by atoms with Crippen LogP contribution in [-0.4, -0.2) is 31.0 Å². The average Bonchev–Trinajstić information content (AvgIpc) is 3.05. The topological polar surface area (TPSA) is 83.5 Å². The lowest BCUT2D eigenvalue weighted by Gasteiger charge is -2.24. The van der Waals surface area contributed by atoms with Crippen molar-refractivity contribution in [3.8, 4) is 0 Å². The van der Waals surface area contributed by atoms with Crippen LogP contribution in [0.3, 0.4) is 0 Å². The summed E-state index contributed by atoms with van der Waals surface area (Å²) in [7, 11) is -3.70. The van der Waals surface area contributed by atoms with Gasteiger partial charge in [0.15, 0.2) is 9.84 Å². The molecule has 6 nitrogen and oxygen atoms in total. The molecule has 0 spiro atoms. The standard InChI is InChI=1S/C24H22N2O4S/c1-17-11-13-19(14-12-17)31(29,30)16-25-23(27)22-20-9-5-6-10-21(20)24(28)26(22)15-18-7-3-2-4-8-18/h2-14,22H,15-16H2,1H3,(H,25,27)/t22-/m0/s1. The Hall–Kier alpha value is -3.45. The summed E-state index contributed by atoms with van der Waals surface area (Å²) >= 11 is 0. The number of nitrogens with zero attached hydrogens (tertiary/aromatic N) is 1. The predicted molar refractivity (Wildman–Crippen MR) is 117 cm³/mol. The zero-order valence-corrected chi connectivity index (χ0v) is 17.8. The van der Waals surface area contributed by atoms with Crippen LogP contribution < -0.4 is 5.32 Å².